The third kappa shape index (κ3) is 6.88. The van der Waals surface area contributed by atoms with E-state index in [9.17, 15) is 13.2 Å². The van der Waals surface area contributed by atoms with Crippen molar-refractivity contribution in [3.63, 3.8) is 0 Å². The van der Waals surface area contributed by atoms with Crippen molar-refractivity contribution in [2.45, 2.75) is 76.2 Å². The van der Waals surface area contributed by atoms with Crippen molar-refractivity contribution in [1.82, 2.24) is 5.32 Å². The minimum atomic E-state index is -4.02. The lowest BCUT2D eigenvalue weighted by molar-refractivity contribution is -0.135. The fourth-order valence-corrected chi connectivity index (χ4v) is 2.38. The lowest BCUT2D eigenvalue weighted by Gasteiger charge is -2.29. The molecular weight excluding hydrogens is 229 g/mol. The summed E-state index contributed by atoms with van der Waals surface area (Å²) in [5, 5.41) is 3.40. The van der Waals surface area contributed by atoms with E-state index in [0.29, 0.717) is 18.5 Å². The summed E-state index contributed by atoms with van der Waals surface area (Å²) >= 11 is 0. The Morgan fingerprint density at radius 2 is 1.82 bits per heavy atom. The van der Waals surface area contributed by atoms with E-state index in [-0.39, 0.29) is 12.5 Å². The van der Waals surface area contributed by atoms with E-state index < -0.39 is 12.6 Å². The van der Waals surface area contributed by atoms with Gasteiger partial charge in [0.25, 0.3) is 0 Å². The molecule has 0 saturated heterocycles. The highest BCUT2D eigenvalue weighted by molar-refractivity contribution is 4.80. The summed E-state index contributed by atoms with van der Waals surface area (Å²) in [6.45, 7) is 1.96. The van der Waals surface area contributed by atoms with E-state index in [0.717, 1.165) is 25.7 Å². The quantitative estimate of drug-likeness (QED) is 0.789. The standard InChI is InChI=1S/C12H23F3N2/c1-9(3-2-8-12(13,14)15)17-11-6-4-10(16)5-7-11/h9-11,17H,2-8,16H2,1H3. The predicted octanol–water partition coefficient (Wildman–Crippen LogP) is 2.97. The van der Waals surface area contributed by atoms with Crippen LogP contribution in [0.25, 0.3) is 0 Å². The second kappa shape index (κ2) is 6.59. The van der Waals surface area contributed by atoms with Crippen LogP contribution in [0, 0.1) is 0 Å². The van der Waals surface area contributed by atoms with Crippen molar-refractivity contribution in [3.8, 4) is 0 Å². The third-order valence-corrected chi connectivity index (χ3v) is 3.39. The molecule has 0 amide bonds. The predicted molar refractivity (Wildman–Crippen MR) is 62.7 cm³/mol. The molecule has 1 aliphatic rings. The first-order valence-corrected chi connectivity index (χ1v) is 6.45. The van der Waals surface area contributed by atoms with Crippen LogP contribution in [0.2, 0.25) is 0 Å². The van der Waals surface area contributed by atoms with Gasteiger partial charge in [-0.25, -0.2) is 0 Å². The Bertz CT molecular complexity index is 210. The van der Waals surface area contributed by atoms with Gasteiger partial charge in [0.15, 0.2) is 0 Å². The third-order valence-electron chi connectivity index (χ3n) is 3.39. The Morgan fingerprint density at radius 3 is 2.35 bits per heavy atom. The zero-order valence-corrected chi connectivity index (χ0v) is 10.4. The number of rotatable bonds is 5. The van der Waals surface area contributed by atoms with Gasteiger partial charge in [-0.05, 0) is 45.4 Å². The van der Waals surface area contributed by atoms with Crippen LogP contribution in [0.1, 0.15) is 51.9 Å². The van der Waals surface area contributed by atoms with E-state index >= 15 is 0 Å². The monoisotopic (exact) mass is 252 g/mol. The lowest BCUT2D eigenvalue weighted by atomic mass is 9.91. The van der Waals surface area contributed by atoms with Gasteiger partial charge >= 0.3 is 6.18 Å². The van der Waals surface area contributed by atoms with Gasteiger partial charge in [0.05, 0.1) is 0 Å². The van der Waals surface area contributed by atoms with Crippen LogP contribution in [0.15, 0.2) is 0 Å². The minimum Gasteiger partial charge on any atom is -0.328 e. The molecule has 0 aromatic rings. The maximum Gasteiger partial charge on any atom is 0.389 e. The number of nitrogens with one attached hydrogen (secondary N) is 1. The number of nitrogens with two attached hydrogens (primary N) is 1. The molecule has 1 saturated carbocycles. The first kappa shape index (κ1) is 14.8. The van der Waals surface area contributed by atoms with Crippen molar-refractivity contribution in [1.29, 1.82) is 0 Å². The summed E-state index contributed by atoms with van der Waals surface area (Å²) in [6.07, 6.45) is 0.243. The first-order chi connectivity index (χ1) is 7.87. The highest BCUT2D eigenvalue weighted by Crippen LogP contribution is 2.23. The molecule has 1 fully saturated rings. The van der Waals surface area contributed by atoms with E-state index in [1.54, 1.807) is 0 Å². The van der Waals surface area contributed by atoms with E-state index in [2.05, 4.69) is 5.32 Å². The van der Waals surface area contributed by atoms with Crippen LogP contribution in [0.4, 0.5) is 13.2 Å². The summed E-state index contributed by atoms with van der Waals surface area (Å²) in [6, 6.07) is 0.918. The highest BCUT2D eigenvalue weighted by Gasteiger charge is 2.26. The summed E-state index contributed by atoms with van der Waals surface area (Å²) in [5.41, 5.74) is 5.80. The lowest BCUT2D eigenvalue weighted by Crippen LogP contribution is -2.41. The van der Waals surface area contributed by atoms with Crippen molar-refractivity contribution in [2.75, 3.05) is 0 Å². The molecule has 102 valence electrons. The molecule has 1 rings (SSSR count). The van der Waals surface area contributed by atoms with Crippen molar-refractivity contribution < 1.29 is 13.2 Å². The number of alkyl halides is 3. The largest absolute Gasteiger partial charge is 0.389 e. The Balaban J connectivity index is 2.10. The smallest absolute Gasteiger partial charge is 0.328 e. The Morgan fingerprint density at radius 1 is 1.24 bits per heavy atom. The fraction of sp³-hybridized carbons (Fsp3) is 1.00. The molecule has 0 heterocycles. The van der Waals surface area contributed by atoms with Crippen molar-refractivity contribution in [3.05, 3.63) is 0 Å². The second-order valence-corrected chi connectivity index (χ2v) is 5.19. The molecule has 1 aliphatic carbocycles. The number of halogens is 3. The Labute approximate surface area is 101 Å². The van der Waals surface area contributed by atoms with Crippen LogP contribution in [0.5, 0.6) is 0 Å². The van der Waals surface area contributed by atoms with Gasteiger partial charge in [0.2, 0.25) is 0 Å². The highest BCUT2D eigenvalue weighted by atomic mass is 19.4. The molecule has 0 aromatic heterocycles. The molecule has 3 N–H and O–H groups in total. The topological polar surface area (TPSA) is 38.0 Å². The zero-order valence-electron chi connectivity index (χ0n) is 10.4. The van der Waals surface area contributed by atoms with Gasteiger partial charge < -0.3 is 11.1 Å². The van der Waals surface area contributed by atoms with Crippen molar-refractivity contribution in [2.24, 2.45) is 5.73 Å². The second-order valence-electron chi connectivity index (χ2n) is 5.19. The van der Waals surface area contributed by atoms with Crippen LogP contribution >= 0.6 is 0 Å². The molecular formula is C12H23F3N2. The molecule has 0 bridgehead atoms. The van der Waals surface area contributed by atoms with Gasteiger partial charge in [-0.1, -0.05) is 0 Å². The average Bonchev–Trinajstić information content (AvgIpc) is 2.19. The van der Waals surface area contributed by atoms with Crippen molar-refractivity contribution >= 4 is 0 Å². The zero-order chi connectivity index (χ0) is 12.9. The van der Waals surface area contributed by atoms with Crippen LogP contribution in [-0.4, -0.2) is 24.3 Å². The Hall–Kier alpha value is -0.290. The molecule has 2 nitrogen and oxygen atoms in total. The van der Waals surface area contributed by atoms with Crippen LogP contribution in [-0.2, 0) is 0 Å². The average molecular weight is 252 g/mol. The van der Waals surface area contributed by atoms with E-state index in [1.807, 2.05) is 6.92 Å². The summed E-state index contributed by atoms with van der Waals surface area (Å²) in [7, 11) is 0. The summed E-state index contributed by atoms with van der Waals surface area (Å²) < 4.78 is 35.9. The molecule has 1 unspecified atom stereocenters. The van der Waals surface area contributed by atoms with Gasteiger partial charge in [-0.3, -0.25) is 0 Å². The van der Waals surface area contributed by atoms with Gasteiger partial charge in [0, 0.05) is 24.5 Å². The van der Waals surface area contributed by atoms with E-state index in [4.69, 9.17) is 5.73 Å². The van der Waals surface area contributed by atoms with Gasteiger partial charge in [-0.15, -0.1) is 0 Å². The number of hydrogen-bond donors (Lipinski definition) is 2. The summed E-state index contributed by atoms with van der Waals surface area (Å²) in [4.78, 5) is 0. The fourth-order valence-electron chi connectivity index (χ4n) is 2.38. The van der Waals surface area contributed by atoms with Crippen LogP contribution in [0.3, 0.4) is 0 Å². The van der Waals surface area contributed by atoms with Gasteiger partial charge in [0.1, 0.15) is 0 Å². The first-order valence-electron chi connectivity index (χ1n) is 6.45. The Kier molecular flexibility index (Phi) is 5.73. The maximum atomic E-state index is 12.0. The molecule has 0 spiro atoms. The summed E-state index contributed by atoms with van der Waals surface area (Å²) in [5.74, 6) is 0. The molecule has 17 heavy (non-hydrogen) atoms. The molecule has 0 aliphatic heterocycles. The van der Waals surface area contributed by atoms with E-state index in [1.165, 1.54) is 0 Å². The maximum absolute atomic E-state index is 12.0. The molecule has 5 heteroatoms. The van der Waals surface area contributed by atoms with Crippen LogP contribution < -0.4 is 11.1 Å². The normalized spacial score (nSPS) is 28.1. The molecule has 0 radical (unpaired) electrons. The minimum absolute atomic E-state index is 0.164. The van der Waals surface area contributed by atoms with Gasteiger partial charge in [-0.2, -0.15) is 13.2 Å². The number of hydrogen-bond acceptors (Lipinski definition) is 2. The molecule has 0 aromatic carbocycles. The molecule has 1 atom stereocenters. The SMILES string of the molecule is CC(CCCC(F)(F)F)NC1CCC(N)CC1.